The van der Waals surface area contributed by atoms with E-state index in [0.717, 1.165) is 16.4 Å². The molecule has 0 aliphatic heterocycles. The van der Waals surface area contributed by atoms with Crippen molar-refractivity contribution in [1.29, 1.82) is 0 Å². The van der Waals surface area contributed by atoms with Gasteiger partial charge in [0.15, 0.2) is 4.80 Å². The van der Waals surface area contributed by atoms with Crippen molar-refractivity contribution in [2.45, 2.75) is 34.6 Å². The van der Waals surface area contributed by atoms with Crippen LogP contribution in [0.25, 0.3) is 5.82 Å². The number of aryl methyl sites for hydroxylation is 2. The summed E-state index contributed by atoms with van der Waals surface area (Å²) < 4.78 is 1.87. The van der Waals surface area contributed by atoms with Crippen molar-refractivity contribution in [3.05, 3.63) is 39.8 Å². The molecule has 0 unspecified atom stereocenters. The van der Waals surface area contributed by atoms with Crippen molar-refractivity contribution >= 4 is 17.2 Å². The highest BCUT2D eigenvalue weighted by Gasteiger charge is 2.21. The number of hydrogen-bond donors (Lipinski definition) is 0. The molecule has 0 fully saturated rings. The van der Waals surface area contributed by atoms with E-state index in [9.17, 15) is 4.79 Å². The van der Waals surface area contributed by atoms with Crippen molar-refractivity contribution in [2.75, 3.05) is 0 Å². The number of nitrogens with zero attached hydrogens (tertiary/aromatic N) is 3. The van der Waals surface area contributed by atoms with Crippen LogP contribution in [0, 0.1) is 19.3 Å². The first-order valence-corrected chi connectivity index (χ1v) is 7.31. The smallest absolute Gasteiger partial charge is 0.253 e. The molecular formula is C15H19N3OS. The average Bonchev–Trinajstić information content (AvgIpc) is 2.69. The molecule has 0 N–H and O–H groups in total. The topological polar surface area (TPSA) is 47.2 Å². The standard InChI is InChI=1S/C15H19N3OS/c1-10-7-6-8-12(16-10)18-9-11(2)20-14(18)17-13(19)15(3,4)5/h6-9H,1-5H3. The molecule has 2 heterocycles. The predicted octanol–water partition coefficient (Wildman–Crippen LogP) is 3.02. The van der Waals surface area contributed by atoms with Crippen LogP contribution in [0.5, 0.6) is 0 Å². The van der Waals surface area contributed by atoms with Gasteiger partial charge >= 0.3 is 0 Å². The van der Waals surface area contributed by atoms with E-state index in [-0.39, 0.29) is 5.91 Å². The largest absolute Gasteiger partial charge is 0.276 e. The van der Waals surface area contributed by atoms with Crippen molar-refractivity contribution in [3.63, 3.8) is 0 Å². The quantitative estimate of drug-likeness (QED) is 0.810. The van der Waals surface area contributed by atoms with Crippen LogP contribution in [0.2, 0.25) is 0 Å². The monoisotopic (exact) mass is 289 g/mol. The van der Waals surface area contributed by atoms with Gasteiger partial charge in [0, 0.05) is 22.2 Å². The summed E-state index contributed by atoms with van der Waals surface area (Å²) in [5.41, 5.74) is 0.461. The van der Waals surface area contributed by atoms with E-state index < -0.39 is 5.41 Å². The molecule has 0 saturated carbocycles. The van der Waals surface area contributed by atoms with E-state index in [1.807, 2.05) is 63.6 Å². The first-order valence-electron chi connectivity index (χ1n) is 6.49. The van der Waals surface area contributed by atoms with Crippen molar-refractivity contribution in [3.8, 4) is 5.82 Å². The third-order valence-electron chi connectivity index (χ3n) is 2.73. The van der Waals surface area contributed by atoms with Crippen LogP contribution in [0.3, 0.4) is 0 Å². The summed E-state index contributed by atoms with van der Waals surface area (Å²) in [6.45, 7) is 9.55. The Morgan fingerprint density at radius 1 is 1.30 bits per heavy atom. The molecule has 0 saturated heterocycles. The van der Waals surface area contributed by atoms with Gasteiger partial charge < -0.3 is 0 Å². The zero-order valence-corrected chi connectivity index (χ0v) is 13.3. The highest BCUT2D eigenvalue weighted by atomic mass is 32.1. The SMILES string of the molecule is Cc1cccc(-n2cc(C)sc2=NC(=O)C(C)(C)C)n1. The fourth-order valence-corrected chi connectivity index (χ4v) is 2.43. The summed E-state index contributed by atoms with van der Waals surface area (Å²) in [4.78, 5) is 22.6. The third kappa shape index (κ3) is 3.22. The molecule has 0 aromatic carbocycles. The van der Waals surface area contributed by atoms with Crippen LogP contribution in [-0.2, 0) is 4.79 Å². The number of thiazole rings is 1. The molecule has 2 aromatic rings. The summed E-state index contributed by atoms with van der Waals surface area (Å²) in [5, 5.41) is 0. The minimum atomic E-state index is -0.476. The summed E-state index contributed by atoms with van der Waals surface area (Å²) in [6, 6.07) is 5.81. The Hall–Kier alpha value is -1.75. The molecule has 2 aromatic heterocycles. The lowest BCUT2D eigenvalue weighted by atomic mass is 9.96. The maximum Gasteiger partial charge on any atom is 0.253 e. The zero-order chi connectivity index (χ0) is 14.9. The molecule has 4 nitrogen and oxygen atoms in total. The molecule has 20 heavy (non-hydrogen) atoms. The van der Waals surface area contributed by atoms with Crippen LogP contribution < -0.4 is 4.80 Å². The van der Waals surface area contributed by atoms with Gasteiger partial charge in [-0.05, 0) is 26.0 Å². The lowest BCUT2D eigenvalue weighted by Crippen LogP contribution is -2.23. The van der Waals surface area contributed by atoms with Gasteiger partial charge in [-0.1, -0.05) is 26.8 Å². The maximum absolute atomic E-state index is 12.1. The number of carbonyl (C=O) groups is 1. The second kappa shape index (κ2) is 5.32. The first kappa shape index (κ1) is 14.7. The Morgan fingerprint density at radius 3 is 2.60 bits per heavy atom. The second-order valence-electron chi connectivity index (χ2n) is 5.80. The number of aromatic nitrogens is 2. The Bertz CT molecular complexity index is 704. The van der Waals surface area contributed by atoms with Gasteiger partial charge in [0.05, 0.1) is 0 Å². The minimum Gasteiger partial charge on any atom is -0.276 e. The van der Waals surface area contributed by atoms with Gasteiger partial charge in [-0.15, -0.1) is 11.3 Å². The molecule has 5 heteroatoms. The molecule has 0 aliphatic carbocycles. The van der Waals surface area contributed by atoms with Gasteiger partial charge in [-0.2, -0.15) is 4.99 Å². The second-order valence-corrected chi connectivity index (χ2v) is 7.01. The van der Waals surface area contributed by atoms with Crippen molar-refractivity contribution in [1.82, 2.24) is 9.55 Å². The predicted molar refractivity (Wildman–Crippen MR) is 80.9 cm³/mol. The molecule has 0 atom stereocenters. The van der Waals surface area contributed by atoms with E-state index in [0.29, 0.717) is 4.80 Å². The average molecular weight is 289 g/mol. The molecule has 2 rings (SSSR count). The molecular weight excluding hydrogens is 270 g/mol. The highest BCUT2D eigenvalue weighted by Crippen LogP contribution is 2.15. The molecule has 106 valence electrons. The van der Waals surface area contributed by atoms with Crippen LogP contribution in [0.4, 0.5) is 0 Å². The number of amides is 1. The zero-order valence-electron chi connectivity index (χ0n) is 12.5. The number of rotatable bonds is 1. The molecule has 0 radical (unpaired) electrons. The van der Waals surface area contributed by atoms with Crippen LogP contribution in [-0.4, -0.2) is 15.5 Å². The summed E-state index contributed by atoms with van der Waals surface area (Å²) in [5.74, 6) is 0.663. The van der Waals surface area contributed by atoms with Crippen molar-refractivity contribution in [2.24, 2.45) is 10.4 Å². The third-order valence-corrected chi connectivity index (χ3v) is 3.63. The van der Waals surface area contributed by atoms with Crippen LogP contribution in [0.1, 0.15) is 31.3 Å². The van der Waals surface area contributed by atoms with Gasteiger partial charge in [0.1, 0.15) is 5.82 Å². The van der Waals surface area contributed by atoms with E-state index in [4.69, 9.17) is 0 Å². The Labute approximate surface area is 122 Å². The Morgan fingerprint density at radius 2 is 2.00 bits per heavy atom. The summed E-state index contributed by atoms with van der Waals surface area (Å²) in [7, 11) is 0. The molecule has 0 aliphatic rings. The number of carbonyl (C=O) groups excluding carboxylic acids is 1. The lowest BCUT2D eigenvalue weighted by molar-refractivity contribution is -0.125. The molecule has 0 spiro atoms. The van der Waals surface area contributed by atoms with Gasteiger partial charge in [-0.3, -0.25) is 9.36 Å². The normalized spacial score (nSPS) is 12.8. The maximum atomic E-state index is 12.1. The van der Waals surface area contributed by atoms with E-state index >= 15 is 0 Å². The van der Waals surface area contributed by atoms with Crippen LogP contribution in [0.15, 0.2) is 29.4 Å². The van der Waals surface area contributed by atoms with Crippen LogP contribution >= 0.6 is 11.3 Å². The van der Waals surface area contributed by atoms with E-state index in [1.165, 1.54) is 11.3 Å². The molecule has 0 bridgehead atoms. The summed E-state index contributed by atoms with van der Waals surface area (Å²) in [6.07, 6.45) is 1.96. The Balaban J connectivity index is 2.57. The van der Waals surface area contributed by atoms with E-state index in [2.05, 4.69) is 9.98 Å². The minimum absolute atomic E-state index is 0.124. The first-order chi connectivity index (χ1) is 9.27. The molecule has 1 amide bonds. The fourth-order valence-electron chi connectivity index (χ4n) is 1.61. The highest BCUT2D eigenvalue weighted by molar-refractivity contribution is 7.09. The van der Waals surface area contributed by atoms with Gasteiger partial charge in [0.2, 0.25) is 0 Å². The number of hydrogen-bond acceptors (Lipinski definition) is 3. The summed E-state index contributed by atoms with van der Waals surface area (Å²) >= 11 is 1.49. The van der Waals surface area contributed by atoms with Gasteiger partial charge in [-0.25, -0.2) is 4.98 Å². The van der Waals surface area contributed by atoms with E-state index in [1.54, 1.807) is 0 Å². The van der Waals surface area contributed by atoms with Gasteiger partial charge in [0.25, 0.3) is 5.91 Å². The lowest BCUT2D eigenvalue weighted by Gasteiger charge is -2.11. The Kier molecular flexibility index (Phi) is 3.90. The van der Waals surface area contributed by atoms with Crippen molar-refractivity contribution < 1.29 is 4.79 Å². The number of pyridine rings is 1. The fraction of sp³-hybridized carbons (Fsp3) is 0.400.